The van der Waals surface area contributed by atoms with Gasteiger partial charge in [0.25, 0.3) is 0 Å². The van der Waals surface area contributed by atoms with Crippen molar-refractivity contribution in [2.45, 2.75) is 19.0 Å². The maximum atomic E-state index is 10.6. The minimum absolute atomic E-state index is 0.191. The first-order chi connectivity index (χ1) is 6.21. The van der Waals surface area contributed by atoms with Gasteiger partial charge in [-0.3, -0.25) is 4.79 Å². The van der Waals surface area contributed by atoms with Gasteiger partial charge >= 0.3 is 18.1 Å². The van der Waals surface area contributed by atoms with Crippen LogP contribution in [-0.2, 0) is 9.59 Å². The van der Waals surface area contributed by atoms with Crippen molar-refractivity contribution in [3.63, 3.8) is 0 Å². The van der Waals surface area contributed by atoms with Gasteiger partial charge < -0.3 is 15.9 Å². The van der Waals surface area contributed by atoms with Crippen LogP contribution >= 0.6 is 0 Å². The Bertz CT molecular complexity index is 192. The fraction of sp³-hybridized carbons (Fsp3) is 0.667. The molecule has 0 aromatic heterocycles. The zero-order valence-electron chi connectivity index (χ0n) is 7.04. The number of hydrogen-bond acceptors (Lipinski definition) is 3. The molecule has 84 valence electrons. The SMILES string of the molecule is NCCCC(=O)O.O=C(O)C(F)(F)F. The minimum Gasteiger partial charge on any atom is -0.481 e. The summed E-state index contributed by atoms with van der Waals surface area (Å²) >= 11 is 0. The molecule has 0 fully saturated rings. The van der Waals surface area contributed by atoms with E-state index in [-0.39, 0.29) is 6.42 Å². The standard InChI is InChI=1S/C4H9NO2.C2HF3O2/c5-3-1-2-4(6)7;3-2(4,5)1(6)7/h1-3,5H2,(H,6,7);(H,6,7). The van der Waals surface area contributed by atoms with Crippen LogP contribution in [0.5, 0.6) is 0 Å². The zero-order chi connectivity index (χ0) is 11.8. The fourth-order valence-electron chi connectivity index (χ4n) is 0.253. The Labute approximate surface area is 77.3 Å². The number of carboxylic acids is 2. The molecule has 0 aromatic rings. The molecule has 0 bridgehead atoms. The molecule has 0 rings (SSSR count). The van der Waals surface area contributed by atoms with Crippen molar-refractivity contribution in [2.24, 2.45) is 5.73 Å². The average molecular weight is 217 g/mol. The second-order valence-corrected chi connectivity index (χ2v) is 2.09. The summed E-state index contributed by atoms with van der Waals surface area (Å²) in [5.74, 6) is -3.53. The molecular weight excluding hydrogens is 207 g/mol. The van der Waals surface area contributed by atoms with Crippen molar-refractivity contribution >= 4 is 11.9 Å². The second-order valence-electron chi connectivity index (χ2n) is 2.09. The summed E-state index contributed by atoms with van der Waals surface area (Å²) in [5.41, 5.74) is 5.01. The number of halogens is 3. The van der Waals surface area contributed by atoms with E-state index in [9.17, 15) is 18.0 Å². The fourth-order valence-corrected chi connectivity index (χ4v) is 0.253. The van der Waals surface area contributed by atoms with E-state index in [4.69, 9.17) is 20.7 Å². The average Bonchev–Trinajstić information content (AvgIpc) is 2.00. The van der Waals surface area contributed by atoms with Crippen LogP contribution in [-0.4, -0.2) is 34.9 Å². The molecule has 5 nitrogen and oxygen atoms in total. The molecule has 0 amide bonds. The van der Waals surface area contributed by atoms with Crippen molar-refractivity contribution in [2.75, 3.05) is 6.54 Å². The smallest absolute Gasteiger partial charge is 0.481 e. The molecule has 0 radical (unpaired) electrons. The summed E-state index contributed by atoms with van der Waals surface area (Å²) in [6.45, 7) is 0.465. The molecule has 0 saturated carbocycles. The van der Waals surface area contributed by atoms with Gasteiger partial charge in [-0.05, 0) is 13.0 Å². The molecule has 8 heteroatoms. The predicted molar refractivity (Wildman–Crippen MR) is 39.6 cm³/mol. The van der Waals surface area contributed by atoms with E-state index in [0.29, 0.717) is 13.0 Å². The Morgan fingerprint density at radius 1 is 1.21 bits per heavy atom. The van der Waals surface area contributed by atoms with E-state index in [1.54, 1.807) is 0 Å². The summed E-state index contributed by atoms with van der Waals surface area (Å²) < 4.78 is 31.7. The number of hydrogen-bond donors (Lipinski definition) is 3. The number of carboxylic acid groups (broad SMARTS) is 2. The number of aliphatic carboxylic acids is 2. The molecule has 0 aliphatic heterocycles. The number of alkyl halides is 3. The lowest BCUT2D eigenvalue weighted by atomic mass is 10.3. The van der Waals surface area contributed by atoms with Gasteiger partial charge in [0.2, 0.25) is 0 Å². The van der Waals surface area contributed by atoms with Gasteiger partial charge in [-0.2, -0.15) is 13.2 Å². The number of nitrogens with two attached hydrogens (primary N) is 1. The van der Waals surface area contributed by atoms with E-state index >= 15 is 0 Å². The summed E-state index contributed by atoms with van der Waals surface area (Å²) in [7, 11) is 0. The van der Waals surface area contributed by atoms with Crippen molar-refractivity contribution in [3.05, 3.63) is 0 Å². The van der Waals surface area contributed by atoms with Crippen LogP contribution < -0.4 is 5.73 Å². The third-order valence-corrected chi connectivity index (χ3v) is 0.837. The lowest BCUT2D eigenvalue weighted by molar-refractivity contribution is -0.192. The highest BCUT2D eigenvalue weighted by Gasteiger charge is 2.38. The highest BCUT2D eigenvalue weighted by atomic mass is 19.4. The molecule has 0 unspecified atom stereocenters. The van der Waals surface area contributed by atoms with E-state index < -0.39 is 18.1 Å². The van der Waals surface area contributed by atoms with Gasteiger partial charge in [-0.25, -0.2) is 4.79 Å². The van der Waals surface area contributed by atoms with Gasteiger partial charge in [-0.15, -0.1) is 0 Å². The number of carbonyl (C=O) groups is 2. The van der Waals surface area contributed by atoms with Crippen LogP contribution in [0.1, 0.15) is 12.8 Å². The number of rotatable bonds is 3. The first kappa shape index (κ1) is 15.2. The lowest BCUT2D eigenvalue weighted by Crippen LogP contribution is -2.21. The Balaban J connectivity index is 0. The summed E-state index contributed by atoms with van der Waals surface area (Å²) in [5, 5.41) is 15.1. The molecule has 14 heavy (non-hydrogen) atoms. The molecule has 4 N–H and O–H groups in total. The topological polar surface area (TPSA) is 101 Å². The van der Waals surface area contributed by atoms with Crippen molar-refractivity contribution in [1.82, 2.24) is 0 Å². The third kappa shape index (κ3) is 13.3. The lowest BCUT2D eigenvalue weighted by Gasteiger charge is -1.93. The summed E-state index contributed by atoms with van der Waals surface area (Å²) in [4.78, 5) is 18.6. The van der Waals surface area contributed by atoms with Crippen LogP contribution in [0.25, 0.3) is 0 Å². The van der Waals surface area contributed by atoms with Gasteiger partial charge in [-0.1, -0.05) is 0 Å². The van der Waals surface area contributed by atoms with Crippen LogP contribution in [0.15, 0.2) is 0 Å². The van der Waals surface area contributed by atoms with Gasteiger partial charge in [0.15, 0.2) is 0 Å². The van der Waals surface area contributed by atoms with Crippen LogP contribution in [0.3, 0.4) is 0 Å². The minimum atomic E-state index is -5.08. The first-order valence-corrected chi connectivity index (χ1v) is 3.43. The van der Waals surface area contributed by atoms with E-state index in [1.165, 1.54) is 0 Å². The van der Waals surface area contributed by atoms with Crippen molar-refractivity contribution < 1.29 is 33.0 Å². The Kier molecular flexibility index (Phi) is 7.73. The van der Waals surface area contributed by atoms with Gasteiger partial charge in [0.05, 0.1) is 0 Å². The van der Waals surface area contributed by atoms with Crippen LogP contribution in [0, 0.1) is 0 Å². The predicted octanol–water partition coefficient (Wildman–Crippen LogP) is 0.443. The summed E-state index contributed by atoms with van der Waals surface area (Å²) in [6.07, 6.45) is -4.31. The van der Waals surface area contributed by atoms with E-state index in [2.05, 4.69) is 0 Å². The van der Waals surface area contributed by atoms with Crippen LogP contribution in [0.4, 0.5) is 13.2 Å². The Morgan fingerprint density at radius 3 is 1.64 bits per heavy atom. The van der Waals surface area contributed by atoms with Crippen molar-refractivity contribution in [3.8, 4) is 0 Å². The van der Waals surface area contributed by atoms with Crippen LogP contribution in [0.2, 0.25) is 0 Å². The normalized spacial score (nSPS) is 10.0. The molecule has 0 spiro atoms. The molecule has 0 heterocycles. The molecule has 0 atom stereocenters. The second kappa shape index (κ2) is 7.13. The maximum Gasteiger partial charge on any atom is 0.490 e. The van der Waals surface area contributed by atoms with E-state index in [1.807, 2.05) is 0 Å². The molecule has 0 saturated heterocycles. The largest absolute Gasteiger partial charge is 0.490 e. The molecule has 0 aromatic carbocycles. The highest BCUT2D eigenvalue weighted by molar-refractivity contribution is 5.73. The van der Waals surface area contributed by atoms with Crippen molar-refractivity contribution in [1.29, 1.82) is 0 Å². The highest BCUT2D eigenvalue weighted by Crippen LogP contribution is 2.13. The zero-order valence-corrected chi connectivity index (χ0v) is 7.04. The molecule has 0 aliphatic rings. The molecule has 0 aliphatic carbocycles. The van der Waals surface area contributed by atoms with Gasteiger partial charge in [0, 0.05) is 6.42 Å². The monoisotopic (exact) mass is 217 g/mol. The van der Waals surface area contributed by atoms with E-state index in [0.717, 1.165) is 0 Å². The molecular formula is C6H10F3NO4. The first-order valence-electron chi connectivity index (χ1n) is 3.43. The Morgan fingerprint density at radius 2 is 1.57 bits per heavy atom. The quantitative estimate of drug-likeness (QED) is 0.636. The summed E-state index contributed by atoms with van der Waals surface area (Å²) in [6, 6.07) is 0. The third-order valence-electron chi connectivity index (χ3n) is 0.837. The van der Waals surface area contributed by atoms with Gasteiger partial charge in [0.1, 0.15) is 0 Å². The maximum absolute atomic E-state index is 10.6. The Hall–Kier alpha value is -1.31.